The van der Waals surface area contributed by atoms with Crippen LogP contribution in [0.1, 0.15) is 42.3 Å². The highest BCUT2D eigenvalue weighted by Gasteiger charge is 2.15. The maximum atomic E-state index is 9.98. The molecule has 2 aromatic rings. The van der Waals surface area contributed by atoms with Gasteiger partial charge in [0.05, 0.1) is 12.2 Å². The van der Waals surface area contributed by atoms with Gasteiger partial charge in [0.25, 0.3) is 0 Å². The number of hydrogen-bond acceptors (Lipinski definition) is 4. The lowest BCUT2D eigenvalue weighted by atomic mass is 10.0. The lowest BCUT2D eigenvalue weighted by Gasteiger charge is -2.18. The molecule has 0 bridgehead atoms. The second-order valence-corrected chi connectivity index (χ2v) is 5.71. The largest absolute Gasteiger partial charge is 0.508 e. The van der Waals surface area contributed by atoms with Crippen LogP contribution in [0.3, 0.4) is 0 Å². The van der Waals surface area contributed by atoms with E-state index in [-0.39, 0.29) is 6.04 Å². The van der Waals surface area contributed by atoms with E-state index in [0.717, 1.165) is 27.9 Å². The first-order chi connectivity index (χ1) is 9.51. The second kappa shape index (κ2) is 6.41. The van der Waals surface area contributed by atoms with Crippen molar-refractivity contribution in [1.82, 2.24) is 10.3 Å². The van der Waals surface area contributed by atoms with Gasteiger partial charge < -0.3 is 14.8 Å². The molecule has 0 aliphatic rings. The van der Waals surface area contributed by atoms with Crippen molar-refractivity contribution in [3.8, 4) is 5.75 Å². The zero-order chi connectivity index (χ0) is 14.7. The van der Waals surface area contributed by atoms with Crippen LogP contribution in [-0.2, 0) is 6.54 Å². The maximum Gasteiger partial charge on any atom is 0.208 e. The number of hydrogen-bond donors (Lipinski definition) is 2. The molecule has 0 amide bonds. The predicted molar refractivity (Wildman–Crippen MR) is 81.7 cm³/mol. The third-order valence-corrected chi connectivity index (χ3v) is 3.84. The molecule has 0 fully saturated rings. The normalized spacial score (nSPS) is 12.6. The summed E-state index contributed by atoms with van der Waals surface area (Å²) in [6.07, 6.45) is 0.864. The molecule has 0 saturated carbocycles. The summed E-state index contributed by atoms with van der Waals surface area (Å²) in [5, 5.41) is 13.4. The number of phenols is 1. The van der Waals surface area contributed by atoms with Gasteiger partial charge >= 0.3 is 0 Å². The molecule has 4 nitrogen and oxygen atoms in total. The molecule has 0 aliphatic heterocycles. The Bertz CT molecular complexity index is 576. The molecule has 0 saturated heterocycles. The third kappa shape index (κ3) is 3.41. The number of rotatable bonds is 5. The van der Waals surface area contributed by atoms with Crippen LogP contribution >= 0.6 is 15.9 Å². The van der Waals surface area contributed by atoms with Gasteiger partial charge in [-0.15, -0.1) is 0 Å². The Hall–Kier alpha value is -1.33. The van der Waals surface area contributed by atoms with Crippen LogP contribution in [-0.4, -0.2) is 10.1 Å². The number of benzene rings is 1. The zero-order valence-corrected chi connectivity index (χ0v) is 13.5. The van der Waals surface area contributed by atoms with Gasteiger partial charge in [0, 0.05) is 16.1 Å². The molecule has 1 heterocycles. The molecule has 1 unspecified atom stereocenters. The Morgan fingerprint density at radius 3 is 2.75 bits per heavy atom. The number of phenolic OH excluding ortho intramolecular Hbond substituents is 1. The quantitative estimate of drug-likeness (QED) is 0.864. The highest BCUT2D eigenvalue weighted by atomic mass is 79.9. The van der Waals surface area contributed by atoms with Crippen LogP contribution in [0.2, 0.25) is 0 Å². The Balaban J connectivity index is 2.11. The first-order valence-electron chi connectivity index (χ1n) is 6.66. The van der Waals surface area contributed by atoms with Gasteiger partial charge in [-0.1, -0.05) is 22.9 Å². The molecule has 0 radical (unpaired) electrons. The van der Waals surface area contributed by atoms with Crippen LogP contribution in [0.15, 0.2) is 27.1 Å². The number of nitrogens with one attached hydrogen (secondary N) is 1. The van der Waals surface area contributed by atoms with Gasteiger partial charge in [-0.25, -0.2) is 4.98 Å². The summed E-state index contributed by atoms with van der Waals surface area (Å²) < 4.78 is 6.51. The molecule has 2 N–H and O–H groups in total. The van der Waals surface area contributed by atoms with Crippen molar-refractivity contribution in [2.24, 2.45) is 0 Å². The van der Waals surface area contributed by atoms with E-state index in [1.165, 1.54) is 0 Å². The Morgan fingerprint density at radius 1 is 1.40 bits per heavy atom. The summed E-state index contributed by atoms with van der Waals surface area (Å²) >= 11 is 3.43. The van der Waals surface area contributed by atoms with E-state index in [1.54, 1.807) is 6.07 Å². The summed E-state index contributed by atoms with van der Waals surface area (Å²) in [5.74, 6) is 1.82. The molecule has 5 heteroatoms. The van der Waals surface area contributed by atoms with Gasteiger partial charge in [0.1, 0.15) is 11.5 Å². The van der Waals surface area contributed by atoms with Gasteiger partial charge in [-0.2, -0.15) is 0 Å². The summed E-state index contributed by atoms with van der Waals surface area (Å²) in [4.78, 5) is 4.35. The maximum absolute atomic E-state index is 9.98. The van der Waals surface area contributed by atoms with E-state index < -0.39 is 0 Å². The summed E-state index contributed by atoms with van der Waals surface area (Å²) in [6.45, 7) is 6.45. The molecule has 1 aromatic carbocycles. The van der Waals surface area contributed by atoms with Crippen LogP contribution in [0.25, 0.3) is 0 Å². The van der Waals surface area contributed by atoms with Crippen molar-refractivity contribution in [2.75, 3.05) is 0 Å². The first-order valence-corrected chi connectivity index (χ1v) is 7.45. The summed E-state index contributed by atoms with van der Waals surface area (Å²) in [7, 11) is 0. The van der Waals surface area contributed by atoms with Crippen LogP contribution in [0.4, 0.5) is 0 Å². The fraction of sp³-hybridized carbons (Fsp3) is 0.400. The lowest BCUT2D eigenvalue weighted by molar-refractivity contribution is 0.406. The molecule has 0 aliphatic carbocycles. The van der Waals surface area contributed by atoms with Gasteiger partial charge in [0.2, 0.25) is 5.89 Å². The minimum Gasteiger partial charge on any atom is -0.508 e. The van der Waals surface area contributed by atoms with Gasteiger partial charge in [-0.05, 0) is 38.5 Å². The average Bonchev–Trinajstić information content (AvgIpc) is 2.73. The Kier molecular flexibility index (Phi) is 4.83. The highest BCUT2D eigenvalue weighted by Crippen LogP contribution is 2.29. The number of oxazole rings is 1. The van der Waals surface area contributed by atoms with E-state index in [4.69, 9.17) is 4.42 Å². The number of aryl methyl sites for hydroxylation is 2. The molecular formula is C15H19BrN2O2. The summed E-state index contributed by atoms with van der Waals surface area (Å²) in [5.41, 5.74) is 1.79. The molecule has 20 heavy (non-hydrogen) atoms. The molecule has 1 aromatic heterocycles. The Morgan fingerprint density at radius 2 is 2.15 bits per heavy atom. The smallest absolute Gasteiger partial charge is 0.208 e. The number of aromatic hydroxyl groups is 1. The van der Waals surface area contributed by atoms with Crippen molar-refractivity contribution >= 4 is 15.9 Å². The van der Waals surface area contributed by atoms with Gasteiger partial charge in [-0.3, -0.25) is 0 Å². The van der Waals surface area contributed by atoms with Crippen molar-refractivity contribution in [1.29, 1.82) is 0 Å². The van der Waals surface area contributed by atoms with Crippen molar-refractivity contribution in [3.05, 3.63) is 45.6 Å². The van der Waals surface area contributed by atoms with Crippen LogP contribution in [0.5, 0.6) is 5.75 Å². The lowest BCUT2D eigenvalue weighted by Crippen LogP contribution is -2.20. The molecule has 1 atom stereocenters. The fourth-order valence-corrected chi connectivity index (χ4v) is 2.48. The average molecular weight is 339 g/mol. The van der Waals surface area contributed by atoms with Gasteiger partial charge in [0.15, 0.2) is 0 Å². The second-order valence-electron chi connectivity index (χ2n) is 4.79. The standard InChI is InChI=1S/C15H19BrN2O2/c1-4-13(12-7-11(16)5-6-14(12)19)17-8-15-18-9(2)10(3)20-15/h5-7,13,17,19H,4,8H2,1-3H3. The third-order valence-electron chi connectivity index (χ3n) is 3.35. The zero-order valence-electron chi connectivity index (χ0n) is 11.9. The van der Waals surface area contributed by atoms with Crippen molar-refractivity contribution in [2.45, 2.75) is 39.8 Å². The summed E-state index contributed by atoms with van der Waals surface area (Å²) in [6, 6.07) is 5.51. The topological polar surface area (TPSA) is 58.3 Å². The highest BCUT2D eigenvalue weighted by molar-refractivity contribution is 9.10. The number of nitrogens with zero attached hydrogens (tertiary/aromatic N) is 1. The molecule has 0 spiro atoms. The van der Waals surface area contributed by atoms with E-state index in [9.17, 15) is 5.11 Å². The van der Waals surface area contributed by atoms with Crippen LogP contribution < -0.4 is 5.32 Å². The monoisotopic (exact) mass is 338 g/mol. The van der Waals surface area contributed by atoms with Crippen LogP contribution in [0, 0.1) is 13.8 Å². The van der Waals surface area contributed by atoms with E-state index in [1.807, 2.05) is 26.0 Å². The van der Waals surface area contributed by atoms with Crippen molar-refractivity contribution in [3.63, 3.8) is 0 Å². The van der Waals surface area contributed by atoms with E-state index in [0.29, 0.717) is 18.2 Å². The molecular weight excluding hydrogens is 320 g/mol. The SMILES string of the molecule is CCC(NCc1nc(C)c(C)o1)c1cc(Br)ccc1O. The van der Waals surface area contributed by atoms with E-state index in [2.05, 4.69) is 33.2 Å². The molecule has 108 valence electrons. The minimum atomic E-state index is 0.0556. The van der Waals surface area contributed by atoms with E-state index >= 15 is 0 Å². The fourth-order valence-electron chi connectivity index (χ4n) is 2.10. The van der Waals surface area contributed by atoms with Crippen molar-refractivity contribution < 1.29 is 9.52 Å². The first kappa shape index (κ1) is 15.1. The number of aromatic nitrogens is 1. The molecule has 2 rings (SSSR count). The minimum absolute atomic E-state index is 0.0556. The Labute approximate surface area is 127 Å². The predicted octanol–water partition coefficient (Wildman–Crippen LogP) is 4.00. The number of halogens is 1.